The zero-order valence-electron chi connectivity index (χ0n) is 7.07. The molecule has 0 bridgehead atoms. The fourth-order valence-electron chi connectivity index (χ4n) is 0.668. The minimum absolute atomic E-state index is 0.0415. The summed E-state index contributed by atoms with van der Waals surface area (Å²) in [6.07, 6.45) is -0.693. The summed E-state index contributed by atoms with van der Waals surface area (Å²) in [6.45, 7) is 3.46. The van der Waals surface area contributed by atoms with E-state index in [2.05, 4.69) is 9.57 Å². The van der Waals surface area contributed by atoms with Gasteiger partial charge >= 0.3 is 5.97 Å². The van der Waals surface area contributed by atoms with Crippen LogP contribution in [0.3, 0.4) is 0 Å². The summed E-state index contributed by atoms with van der Waals surface area (Å²) in [5, 5.41) is 16.7. The Balaban J connectivity index is 3.54. The smallest absolute Gasteiger partial charge is 0.308 e. The van der Waals surface area contributed by atoms with Crippen LogP contribution in [0.1, 0.15) is 20.3 Å². The third-order valence-electron chi connectivity index (χ3n) is 1.06. The molecule has 0 spiro atoms. The third-order valence-corrected chi connectivity index (χ3v) is 1.06. The summed E-state index contributed by atoms with van der Waals surface area (Å²) in [4.78, 5) is 15.0. The Kier molecular flexibility index (Phi) is 5.56. The van der Waals surface area contributed by atoms with Gasteiger partial charge in [-0.25, -0.2) is 0 Å². The highest BCUT2D eigenvalue weighted by Gasteiger charge is 2.13. The molecule has 72 valence electrons. The second-order valence-corrected chi connectivity index (χ2v) is 2.20. The molecule has 0 fully saturated rings. The Bertz CT molecular complexity index is 138. The molecular weight excluding hydrogens is 166 g/mol. The zero-order valence-corrected chi connectivity index (χ0v) is 7.07. The average molecular weight is 179 g/mol. The largest absolute Gasteiger partial charge is 0.566 e. The van der Waals surface area contributed by atoms with Gasteiger partial charge in [-0.3, -0.25) is 4.79 Å². The molecule has 0 saturated heterocycles. The molecule has 0 aromatic rings. The van der Waals surface area contributed by atoms with Gasteiger partial charge in [-0.15, -0.1) is 0 Å². The van der Waals surface area contributed by atoms with E-state index in [0.29, 0.717) is 6.61 Å². The fraction of sp³-hybridized carbons (Fsp3) is 0.833. The number of rotatable bonds is 5. The number of carbonyl (C=O) groups is 1. The summed E-state index contributed by atoms with van der Waals surface area (Å²) in [5.41, 5.74) is 0. The van der Waals surface area contributed by atoms with Crippen LogP contribution in [-0.2, 0) is 14.4 Å². The van der Waals surface area contributed by atoms with Gasteiger partial charge < -0.3 is 9.94 Å². The second kappa shape index (κ2) is 5.90. The summed E-state index contributed by atoms with van der Waals surface area (Å²) < 4.78 is 4.58. The maximum Gasteiger partial charge on any atom is 0.308 e. The van der Waals surface area contributed by atoms with Gasteiger partial charge in [0.05, 0.1) is 13.0 Å². The Hall–Kier alpha value is -0.690. The van der Waals surface area contributed by atoms with Crippen LogP contribution in [-0.4, -0.2) is 23.9 Å². The van der Waals surface area contributed by atoms with Gasteiger partial charge in [0, 0.05) is 0 Å². The first kappa shape index (κ1) is 11.3. The van der Waals surface area contributed by atoms with Crippen molar-refractivity contribution >= 4 is 5.97 Å². The lowest BCUT2D eigenvalue weighted by Gasteiger charge is -2.15. The van der Waals surface area contributed by atoms with Crippen LogP contribution < -0.4 is 5.39 Å². The predicted molar refractivity (Wildman–Crippen MR) is 37.9 cm³/mol. The number of esters is 1. The van der Waals surface area contributed by atoms with Crippen molar-refractivity contribution in [1.29, 1.82) is 0 Å². The van der Waals surface area contributed by atoms with Crippen LogP contribution >= 0.6 is 0 Å². The lowest BCUT2D eigenvalue weighted by molar-refractivity contribution is -1.21. The number of nitrogens with one attached hydrogen (secondary N) is 1. The molecule has 2 atom stereocenters. The molecule has 12 heavy (non-hydrogen) atoms. The lowest BCUT2D eigenvalue weighted by Crippen LogP contribution is -3.04. The van der Waals surface area contributed by atoms with Crippen molar-refractivity contribution in [1.82, 2.24) is 0 Å². The van der Waals surface area contributed by atoms with Gasteiger partial charge in [0.15, 0.2) is 0 Å². The highest BCUT2D eigenvalue weighted by molar-refractivity contribution is 5.69. The van der Waals surface area contributed by atoms with E-state index < -0.39 is 17.5 Å². The van der Waals surface area contributed by atoms with E-state index in [-0.39, 0.29) is 6.42 Å². The number of carbonyl (C=O) groups excluding carboxylic acids is 1. The molecule has 0 radical (unpaired) electrons. The standard InChI is InChI=1S/C6H13NO5/c1-3-11-6(8)4-5(2)12-7(9)10/h5,7,9H,3-4H2,1-2H3/t5-/m0/s1. The fourth-order valence-corrected chi connectivity index (χ4v) is 0.668. The number of hydrogen-bond donors (Lipinski definition) is 2. The van der Waals surface area contributed by atoms with Gasteiger partial charge in [0.25, 0.3) is 0 Å². The first-order chi connectivity index (χ1) is 5.56. The summed E-state index contributed by atoms with van der Waals surface area (Å²) in [6, 6.07) is 0. The van der Waals surface area contributed by atoms with Crippen LogP contribution in [0, 0.1) is 5.21 Å². The van der Waals surface area contributed by atoms with Gasteiger partial charge in [-0.2, -0.15) is 10.0 Å². The molecule has 0 aliphatic carbocycles. The SMILES string of the molecule is CCOC(=O)C[C@H](C)O[NH+]([O-])O. The maximum absolute atomic E-state index is 10.7. The molecule has 0 rings (SSSR count). The maximum atomic E-state index is 10.7. The van der Waals surface area contributed by atoms with Gasteiger partial charge in [0.1, 0.15) is 6.10 Å². The van der Waals surface area contributed by atoms with Gasteiger partial charge in [-0.05, 0) is 13.8 Å². The average Bonchev–Trinajstić information content (AvgIpc) is 1.84. The molecule has 0 aliphatic rings. The van der Waals surface area contributed by atoms with Crippen molar-refractivity contribution in [3.63, 3.8) is 0 Å². The van der Waals surface area contributed by atoms with Crippen molar-refractivity contribution in [2.45, 2.75) is 26.4 Å². The quantitative estimate of drug-likeness (QED) is 0.419. The normalized spacial score (nSPS) is 15.3. The highest BCUT2D eigenvalue weighted by atomic mass is 17.1. The Morgan fingerprint density at radius 2 is 2.33 bits per heavy atom. The predicted octanol–water partition coefficient (Wildman–Crippen LogP) is -0.968. The summed E-state index contributed by atoms with van der Waals surface area (Å²) in [5.74, 6) is -0.453. The molecule has 2 N–H and O–H groups in total. The van der Waals surface area contributed by atoms with E-state index in [1.54, 1.807) is 6.92 Å². The van der Waals surface area contributed by atoms with Crippen LogP contribution in [0.4, 0.5) is 0 Å². The molecule has 0 aromatic carbocycles. The molecular formula is C6H13NO5. The third kappa shape index (κ3) is 6.05. The first-order valence-corrected chi connectivity index (χ1v) is 3.61. The molecule has 0 aromatic heterocycles. The Morgan fingerprint density at radius 3 is 2.75 bits per heavy atom. The highest BCUT2D eigenvalue weighted by Crippen LogP contribution is 1.95. The number of ether oxygens (including phenoxy) is 1. The Morgan fingerprint density at radius 1 is 1.75 bits per heavy atom. The van der Waals surface area contributed by atoms with E-state index >= 15 is 0 Å². The molecule has 6 nitrogen and oxygen atoms in total. The summed E-state index contributed by atoms with van der Waals surface area (Å²) in [7, 11) is 0. The lowest BCUT2D eigenvalue weighted by atomic mass is 10.3. The second-order valence-electron chi connectivity index (χ2n) is 2.20. The minimum Gasteiger partial charge on any atom is -0.566 e. The van der Waals surface area contributed by atoms with Crippen molar-refractivity contribution in [3.8, 4) is 0 Å². The monoisotopic (exact) mass is 179 g/mol. The zero-order chi connectivity index (χ0) is 9.56. The topological polar surface area (TPSA) is 83.3 Å². The van der Waals surface area contributed by atoms with Crippen LogP contribution in [0.15, 0.2) is 0 Å². The van der Waals surface area contributed by atoms with E-state index in [1.807, 2.05) is 0 Å². The first-order valence-electron chi connectivity index (χ1n) is 3.61. The van der Waals surface area contributed by atoms with Crippen molar-refractivity contribution in [2.24, 2.45) is 0 Å². The molecule has 0 amide bonds. The van der Waals surface area contributed by atoms with E-state index in [4.69, 9.17) is 5.21 Å². The van der Waals surface area contributed by atoms with E-state index in [9.17, 15) is 10.0 Å². The molecule has 0 saturated carbocycles. The Labute approximate surface area is 70.2 Å². The summed E-state index contributed by atoms with van der Waals surface area (Å²) >= 11 is 0. The van der Waals surface area contributed by atoms with Crippen LogP contribution in [0.2, 0.25) is 0 Å². The molecule has 0 aliphatic heterocycles. The van der Waals surface area contributed by atoms with Gasteiger partial charge in [-0.1, -0.05) is 5.39 Å². The minimum atomic E-state index is -1.38. The molecule has 0 heterocycles. The van der Waals surface area contributed by atoms with Crippen LogP contribution in [0.25, 0.3) is 0 Å². The van der Waals surface area contributed by atoms with Crippen molar-refractivity contribution in [3.05, 3.63) is 5.21 Å². The van der Waals surface area contributed by atoms with E-state index in [0.717, 1.165) is 0 Å². The number of quaternary nitrogens is 1. The van der Waals surface area contributed by atoms with Gasteiger partial charge in [0.2, 0.25) is 0 Å². The van der Waals surface area contributed by atoms with Crippen molar-refractivity contribution in [2.75, 3.05) is 6.61 Å². The van der Waals surface area contributed by atoms with E-state index in [1.165, 1.54) is 6.92 Å². The molecule has 6 heteroatoms. The molecule has 1 unspecified atom stereocenters. The number of hydrogen-bond acceptors (Lipinski definition) is 5. The van der Waals surface area contributed by atoms with Crippen LogP contribution in [0.5, 0.6) is 0 Å². The van der Waals surface area contributed by atoms with Crippen molar-refractivity contribution < 1.29 is 25.0 Å².